The van der Waals surface area contributed by atoms with Crippen LogP contribution in [0, 0.1) is 0 Å². The molecular formula is C14H15N3O4. The SMILES string of the molecule is CCOC(=O)c1nnn2c1COc1c(cccc1OC)C2. The Balaban J connectivity index is 1.97. The number of methoxy groups -OCH3 is 1. The molecule has 0 unspecified atom stereocenters. The van der Waals surface area contributed by atoms with Gasteiger partial charge in [-0.1, -0.05) is 17.3 Å². The molecule has 1 aliphatic heterocycles. The monoisotopic (exact) mass is 289 g/mol. The van der Waals surface area contributed by atoms with E-state index in [1.54, 1.807) is 18.7 Å². The summed E-state index contributed by atoms with van der Waals surface area (Å²) in [6, 6.07) is 5.64. The maximum absolute atomic E-state index is 11.9. The lowest BCUT2D eigenvalue weighted by molar-refractivity contribution is 0.0516. The molecule has 0 amide bonds. The Morgan fingerprint density at radius 3 is 3.10 bits per heavy atom. The molecule has 2 aromatic rings. The average molecular weight is 289 g/mol. The molecule has 0 radical (unpaired) electrons. The minimum Gasteiger partial charge on any atom is -0.493 e. The number of para-hydroxylation sites is 1. The van der Waals surface area contributed by atoms with E-state index in [2.05, 4.69) is 10.3 Å². The predicted octanol–water partition coefficient (Wildman–Crippen LogP) is 1.40. The third-order valence-electron chi connectivity index (χ3n) is 3.26. The summed E-state index contributed by atoms with van der Waals surface area (Å²) in [6.07, 6.45) is 0. The molecule has 2 heterocycles. The number of hydrogen-bond acceptors (Lipinski definition) is 6. The fourth-order valence-electron chi connectivity index (χ4n) is 2.27. The van der Waals surface area contributed by atoms with Crippen LogP contribution in [0.25, 0.3) is 0 Å². The lowest BCUT2D eigenvalue weighted by Gasteiger charge is -2.10. The second-order valence-corrected chi connectivity index (χ2v) is 4.50. The third kappa shape index (κ3) is 2.31. The largest absolute Gasteiger partial charge is 0.493 e. The van der Waals surface area contributed by atoms with Crippen LogP contribution in [0.5, 0.6) is 11.5 Å². The summed E-state index contributed by atoms with van der Waals surface area (Å²) >= 11 is 0. The standard InChI is InChI=1S/C14H15N3O4/c1-3-20-14(18)12-10-8-21-13-9(7-17(10)16-15-12)5-4-6-11(13)19-2/h4-6H,3,7-8H2,1-2H3. The van der Waals surface area contributed by atoms with Crippen molar-refractivity contribution in [2.45, 2.75) is 20.1 Å². The highest BCUT2D eigenvalue weighted by atomic mass is 16.5. The van der Waals surface area contributed by atoms with E-state index in [1.165, 1.54) is 0 Å². The van der Waals surface area contributed by atoms with Gasteiger partial charge in [0.25, 0.3) is 0 Å². The quantitative estimate of drug-likeness (QED) is 0.795. The van der Waals surface area contributed by atoms with E-state index in [9.17, 15) is 4.79 Å². The minimum atomic E-state index is -0.486. The Labute approximate surface area is 121 Å². The fraction of sp³-hybridized carbons (Fsp3) is 0.357. The van der Waals surface area contributed by atoms with E-state index in [-0.39, 0.29) is 12.3 Å². The predicted molar refractivity (Wildman–Crippen MR) is 72.4 cm³/mol. The molecule has 21 heavy (non-hydrogen) atoms. The molecule has 0 atom stereocenters. The highest BCUT2D eigenvalue weighted by Gasteiger charge is 2.25. The summed E-state index contributed by atoms with van der Waals surface area (Å²) in [4.78, 5) is 11.9. The lowest BCUT2D eigenvalue weighted by Crippen LogP contribution is -2.11. The van der Waals surface area contributed by atoms with Gasteiger partial charge in [0.2, 0.25) is 0 Å². The van der Waals surface area contributed by atoms with Crippen molar-refractivity contribution in [3.05, 3.63) is 35.2 Å². The Morgan fingerprint density at radius 2 is 2.33 bits per heavy atom. The zero-order chi connectivity index (χ0) is 14.8. The molecule has 1 aliphatic rings. The van der Waals surface area contributed by atoms with Gasteiger partial charge in [0.05, 0.1) is 20.3 Å². The van der Waals surface area contributed by atoms with Gasteiger partial charge in [0, 0.05) is 5.56 Å². The van der Waals surface area contributed by atoms with Gasteiger partial charge in [0.15, 0.2) is 17.2 Å². The Morgan fingerprint density at radius 1 is 1.48 bits per heavy atom. The van der Waals surface area contributed by atoms with Crippen molar-refractivity contribution in [1.82, 2.24) is 15.0 Å². The van der Waals surface area contributed by atoms with E-state index in [1.807, 2.05) is 18.2 Å². The topological polar surface area (TPSA) is 75.5 Å². The average Bonchev–Trinajstić information content (AvgIpc) is 2.79. The summed E-state index contributed by atoms with van der Waals surface area (Å²) < 4.78 is 17.7. The van der Waals surface area contributed by atoms with Crippen molar-refractivity contribution in [3.8, 4) is 11.5 Å². The Hall–Kier alpha value is -2.57. The molecule has 0 N–H and O–H groups in total. The van der Waals surface area contributed by atoms with Crippen molar-refractivity contribution in [1.29, 1.82) is 0 Å². The molecular weight excluding hydrogens is 274 g/mol. The molecule has 7 nitrogen and oxygen atoms in total. The van der Waals surface area contributed by atoms with Crippen LogP contribution in [0.3, 0.4) is 0 Å². The molecule has 7 heteroatoms. The zero-order valence-corrected chi connectivity index (χ0v) is 11.8. The first-order valence-corrected chi connectivity index (χ1v) is 6.62. The first kappa shape index (κ1) is 13.4. The number of ether oxygens (including phenoxy) is 3. The normalized spacial score (nSPS) is 12.7. The number of fused-ring (bicyclic) bond motifs is 2. The molecule has 0 saturated heterocycles. The van der Waals surface area contributed by atoms with Crippen LogP contribution in [0.1, 0.15) is 28.7 Å². The van der Waals surface area contributed by atoms with Gasteiger partial charge < -0.3 is 14.2 Å². The Bertz CT molecular complexity index is 681. The van der Waals surface area contributed by atoms with Gasteiger partial charge >= 0.3 is 5.97 Å². The fourth-order valence-corrected chi connectivity index (χ4v) is 2.27. The number of rotatable bonds is 3. The molecule has 110 valence electrons. The van der Waals surface area contributed by atoms with E-state index < -0.39 is 5.97 Å². The molecule has 0 aliphatic carbocycles. The molecule has 0 saturated carbocycles. The first-order chi connectivity index (χ1) is 10.2. The summed E-state index contributed by atoms with van der Waals surface area (Å²) in [6.45, 7) is 2.69. The van der Waals surface area contributed by atoms with E-state index >= 15 is 0 Å². The van der Waals surface area contributed by atoms with Crippen LogP contribution in [0.2, 0.25) is 0 Å². The van der Waals surface area contributed by atoms with Crippen molar-refractivity contribution in [2.24, 2.45) is 0 Å². The molecule has 3 rings (SSSR count). The lowest BCUT2D eigenvalue weighted by atomic mass is 10.2. The molecule has 1 aromatic carbocycles. The maximum atomic E-state index is 11.9. The first-order valence-electron chi connectivity index (χ1n) is 6.62. The number of esters is 1. The van der Waals surface area contributed by atoms with Crippen LogP contribution >= 0.6 is 0 Å². The van der Waals surface area contributed by atoms with Crippen LogP contribution in [0.4, 0.5) is 0 Å². The highest BCUT2D eigenvalue weighted by Crippen LogP contribution is 2.34. The number of benzene rings is 1. The number of carbonyl (C=O) groups excluding carboxylic acids is 1. The molecule has 0 bridgehead atoms. The number of carbonyl (C=O) groups is 1. The second-order valence-electron chi connectivity index (χ2n) is 4.50. The molecule has 1 aromatic heterocycles. The van der Waals surface area contributed by atoms with E-state index in [0.717, 1.165) is 5.56 Å². The van der Waals surface area contributed by atoms with E-state index in [4.69, 9.17) is 14.2 Å². The minimum absolute atomic E-state index is 0.189. The van der Waals surface area contributed by atoms with Crippen molar-refractivity contribution in [3.63, 3.8) is 0 Å². The molecule has 0 fully saturated rings. The van der Waals surface area contributed by atoms with Crippen molar-refractivity contribution >= 4 is 5.97 Å². The smallest absolute Gasteiger partial charge is 0.360 e. The second kappa shape index (κ2) is 5.43. The van der Waals surface area contributed by atoms with Crippen LogP contribution in [-0.2, 0) is 17.9 Å². The van der Waals surface area contributed by atoms with E-state index in [0.29, 0.717) is 30.3 Å². The van der Waals surface area contributed by atoms with Crippen LogP contribution in [0.15, 0.2) is 18.2 Å². The zero-order valence-electron chi connectivity index (χ0n) is 11.8. The summed E-state index contributed by atoms with van der Waals surface area (Å²) in [5.41, 5.74) is 1.73. The summed E-state index contributed by atoms with van der Waals surface area (Å²) in [7, 11) is 1.59. The van der Waals surface area contributed by atoms with Gasteiger partial charge in [-0.15, -0.1) is 5.10 Å². The third-order valence-corrected chi connectivity index (χ3v) is 3.26. The number of aromatic nitrogens is 3. The number of hydrogen-bond donors (Lipinski definition) is 0. The van der Waals surface area contributed by atoms with Crippen LogP contribution in [-0.4, -0.2) is 34.7 Å². The van der Waals surface area contributed by atoms with Crippen LogP contribution < -0.4 is 9.47 Å². The maximum Gasteiger partial charge on any atom is 0.360 e. The van der Waals surface area contributed by atoms with Gasteiger partial charge in [-0.2, -0.15) is 0 Å². The Kier molecular flexibility index (Phi) is 3.47. The summed E-state index contributed by atoms with van der Waals surface area (Å²) in [5.74, 6) is 0.837. The molecule has 0 spiro atoms. The van der Waals surface area contributed by atoms with Crippen molar-refractivity contribution < 1.29 is 19.0 Å². The summed E-state index contributed by atoms with van der Waals surface area (Å²) in [5, 5.41) is 7.92. The highest BCUT2D eigenvalue weighted by molar-refractivity contribution is 5.88. The number of nitrogens with zero attached hydrogens (tertiary/aromatic N) is 3. The van der Waals surface area contributed by atoms with Gasteiger partial charge in [-0.3, -0.25) is 0 Å². The van der Waals surface area contributed by atoms with Gasteiger partial charge in [-0.05, 0) is 13.0 Å². The van der Waals surface area contributed by atoms with Gasteiger partial charge in [-0.25, -0.2) is 9.48 Å². The van der Waals surface area contributed by atoms with Crippen molar-refractivity contribution in [2.75, 3.05) is 13.7 Å². The van der Waals surface area contributed by atoms with Gasteiger partial charge in [0.1, 0.15) is 12.3 Å².